The van der Waals surface area contributed by atoms with Crippen molar-refractivity contribution in [2.75, 3.05) is 25.7 Å². The average molecular weight is 324 g/mol. The number of aryl methyl sites for hydroxylation is 1. The molecule has 3 rings (SSSR count). The topological polar surface area (TPSA) is 96.3 Å². The lowest BCUT2D eigenvalue weighted by molar-refractivity contribution is 0.393. The van der Waals surface area contributed by atoms with Crippen molar-refractivity contribution in [3.63, 3.8) is 0 Å². The minimum absolute atomic E-state index is 0.185. The first kappa shape index (κ1) is 15.9. The van der Waals surface area contributed by atoms with Gasteiger partial charge in [0, 0.05) is 11.5 Å². The first-order valence-corrected chi connectivity index (χ1v) is 7.55. The van der Waals surface area contributed by atoms with Gasteiger partial charge in [-0.25, -0.2) is 4.98 Å². The smallest absolute Gasteiger partial charge is 0.222 e. The van der Waals surface area contributed by atoms with Crippen LogP contribution in [0, 0.1) is 6.92 Å². The number of methoxy groups -OCH3 is 2. The van der Waals surface area contributed by atoms with Crippen molar-refractivity contribution in [1.82, 2.24) is 9.97 Å². The van der Waals surface area contributed by atoms with Gasteiger partial charge in [0.15, 0.2) is 0 Å². The van der Waals surface area contributed by atoms with Crippen LogP contribution in [0.5, 0.6) is 11.5 Å². The summed E-state index contributed by atoms with van der Waals surface area (Å²) < 4.78 is 10.7. The molecule has 0 amide bonds. The van der Waals surface area contributed by atoms with Crippen LogP contribution in [0.2, 0.25) is 0 Å². The number of fused-ring (bicyclic) bond motifs is 1. The summed E-state index contributed by atoms with van der Waals surface area (Å²) in [4.78, 5) is 8.32. The number of anilines is 2. The fourth-order valence-corrected chi connectivity index (χ4v) is 2.86. The van der Waals surface area contributed by atoms with Gasteiger partial charge in [0.1, 0.15) is 17.3 Å². The quantitative estimate of drug-likeness (QED) is 0.766. The third-order valence-electron chi connectivity index (χ3n) is 4.09. The summed E-state index contributed by atoms with van der Waals surface area (Å²) in [6.07, 6.45) is 0.721. The van der Waals surface area contributed by atoms with Crippen molar-refractivity contribution in [2.45, 2.75) is 13.3 Å². The number of nitrogens with two attached hydrogens (primary N) is 2. The molecule has 1 heterocycles. The Hall–Kier alpha value is -3.02. The standard InChI is InChI=1S/C18H20N4O2/c1-10-12(4-5-15-16(10)17(19)22-18(20)21-15)6-11-7-13(23-2)9-14(8-11)24-3/h4-5,7-9H,6H2,1-3H3,(H4,19,20,21,22). The zero-order valence-corrected chi connectivity index (χ0v) is 14.0. The lowest BCUT2D eigenvalue weighted by Gasteiger charge is -2.13. The molecule has 0 bridgehead atoms. The molecule has 0 saturated carbocycles. The summed E-state index contributed by atoms with van der Waals surface area (Å²) in [5.74, 6) is 2.11. The molecule has 1 aromatic heterocycles. The third kappa shape index (κ3) is 2.90. The minimum Gasteiger partial charge on any atom is -0.497 e. The van der Waals surface area contributed by atoms with Crippen molar-refractivity contribution in [1.29, 1.82) is 0 Å². The highest BCUT2D eigenvalue weighted by Crippen LogP contribution is 2.29. The summed E-state index contributed by atoms with van der Waals surface area (Å²) in [5.41, 5.74) is 15.7. The van der Waals surface area contributed by atoms with Gasteiger partial charge < -0.3 is 20.9 Å². The Balaban J connectivity index is 2.06. The van der Waals surface area contributed by atoms with Crippen molar-refractivity contribution in [2.24, 2.45) is 0 Å². The molecule has 3 aromatic rings. The molecule has 0 aliphatic rings. The number of ether oxygens (including phenoxy) is 2. The number of hydrogen-bond donors (Lipinski definition) is 2. The van der Waals surface area contributed by atoms with Crippen LogP contribution in [0.3, 0.4) is 0 Å². The SMILES string of the molecule is COc1cc(Cc2ccc3nc(N)nc(N)c3c2C)cc(OC)c1. The molecule has 2 aromatic carbocycles. The summed E-state index contributed by atoms with van der Waals surface area (Å²) in [6.45, 7) is 2.02. The van der Waals surface area contributed by atoms with E-state index in [2.05, 4.69) is 9.97 Å². The second-order valence-electron chi connectivity index (χ2n) is 5.61. The Morgan fingerprint density at radius 1 is 0.958 bits per heavy atom. The van der Waals surface area contributed by atoms with Gasteiger partial charge in [-0.3, -0.25) is 0 Å². The monoisotopic (exact) mass is 324 g/mol. The van der Waals surface area contributed by atoms with Crippen LogP contribution in [0.15, 0.2) is 30.3 Å². The van der Waals surface area contributed by atoms with Crippen LogP contribution in [-0.2, 0) is 6.42 Å². The highest BCUT2D eigenvalue weighted by atomic mass is 16.5. The molecule has 4 N–H and O–H groups in total. The first-order valence-electron chi connectivity index (χ1n) is 7.55. The van der Waals surface area contributed by atoms with Gasteiger partial charge in [-0.1, -0.05) is 6.07 Å². The van der Waals surface area contributed by atoms with Crippen LogP contribution < -0.4 is 20.9 Å². The maximum atomic E-state index is 6.04. The zero-order chi connectivity index (χ0) is 17.3. The van der Waals surface area contributed by atoms with Crippen molar-refractivity contribution in [3.8, 4) is 11.5 Å². The molecule has 124 valence electrons. The van der Waals surface area contributed by atoms with Gasteiger partial charge >= 0.3 is 0 Å². The predicted octanol–water partition coefficient (Wildman–Crippen LogP) is 2.71. The van der Waals surface area contributed by atoms with E-state index in [1.54, 1.807) is 14.2 Å². The molecule has 0 aliphatic carbocycles. The highest BCUT2D eigenvalue weighted by molar-refractivity contribution is 5.92. The van der Waals surface area contributed by atoms with Gasteiger partial charge in [0.05, 0.1) is 19.7 Å². The first-order chi connectivity index (χ1) is 11.5. The summed E-state index contributed by atoms with van der Waals surface area (Å²) in [5, 5.41) is 0.844. The van der Waals surface area contributed by atoms with Gasteiger partial charge in [0.2, 0.25) is 5.95 Å². The van der Waals surface area contributed by atoms with Crippen molar-refractivity contribution < 1.29 is 9.47 Å². The molecule has 0 fully saturated rings. The van der Waals surface area contributed by atoms with E-state index in [1.165, 1.54) is 0 Å². The lowest BCUT2D eigenvalue weighted by Crippen LogP contribution is -2.03. The van der Waals surface area contributed by atoms with Crippen molar-refractivity contribution >= 4 is 22.7 Å². The van der Waals surface area contributed by atoms with Gasteiger partial charge in [0.25, 0.3) is 0 Å². The van der Waals surface area contributed by atoms with E-state index < -0.39 is 0 Å². The molecule has 24 heavy (non-hydrogen) atoms. The van der Waals surface area contributed by atoms with E-state index in [1.807, 2.05) is 37.3 Å². The largest absolute Gasteiger partial charge is 0.497 e. The summed E-state index contributed by atoms with van der Waals surface area (Å²) in [7, 11) is 3.28. The lowest BCUT2D eigenvalue weighted by atomic mass is 9.97. The fraction of sp³-hybridized carbons (Fsp3) is 0.222. The fourth-order valence-electron chi connectivity index (χ4n) is 2.86. The summed E-state index contributed by atoms with van der Waals surface area (Å²) >= 11 is 0. The van der Waals surface area contributed by atoms with E-state index in [0.717, 1.165) is 45.5 Å². The second-order valence-corrected chi connectivity index (χ2v) is 5.61. The Morgan fingerprint density at radius 2 is 1.62 bits per heavy atom. The van der Waals surface area contributed by atoms with Crippen LogP contribution in [0.4, 0.5) is 11.8 Å². The van der Waals surface area contributed by atoms with Gasteiger partial charge in [-0.2, -0.15) is 4.98 Å². The Morgan fingerprint density at radius 3 is 2.25 bits per heavy atom. The molecule has 0 saturated heterocycles. The van der Waals surface area contributed by atoms with Crippen LogP contribution in [0.25, 0.3) is 10.9 Å². The number of nitrogens with zero attached hydrogens (tertiary/aromatic N) is 2. The van der Waals surface area contributed by atoms with Crippen molar-refractivity contribution in [3.05, 3.63) is 47.0 Å². The Labute approximate surface area is 140 Å². The molecule has 0 spiro atoms. The molecule has 0 unspecified atom stereocenters. The van der Waals surface area contributed by atoms with E-state index in [4.69, 9.17) is 20.9 Å². The molecule has 6 nitrogen and oxygen atoms in total. The van der Waals surface area contributed by atoms with Gasteiger partial charge in [-0.15, -0.1) is 0 Å². The van der Waals surface area contributed by atoms with E-state index in [9.17, 15) is 0 Å². The average Bonchev–Trinajstić information content (AvgIpc) is 2.56. The maximum absolute atomic E-state index is 6.04. The molecule has 0 radical (unpaired) electrons. The van der Waals surface area contributed by atoms with Crippen LogP contribution >= 0.6 is 0 Å². The Kier molecular flexibility index (Phi) is 4.12. The number of benzene rings is 2. The van der Waals surface area contributed by atoms with Crippen LogP contribution in [0.1, 0.15) is 16.7 Å². The number of rotatable bonds is 4. The van der Waals surface area contributed by atoms with E-state index in [-0.39, 0.29) is 5.95 Å². The number of hydrogen-bond acceptors (Lipinski definition) is 6. The third-order valence-corrected chi connectivity index (χ3v) is 4.09. The summed E-state index contributed by atoms with van der Waals surface area (Å²) in [6, 6.07) is 9.80. The molecular formula is C18H20N4O2. The van der Waals surface area contributed by atoms with Gasteiger partial charge in [-0.05, 0) is 48.2 Å². The van der Waals surface area contributed by atoms with E-state index >= 15 is 0 Å². The molecule has 0 atom stereocenters. The Bertz CT molecular complexity index is 887. The van der Waals surface area contributed by atoms with E-state index in [0.29, 0.717) is 5.82 Å². The predicted molar refractivity (Wildman–Crippen MR) is 95.5 cm³/mol. The zero-order valence-electron chi connectivity index (χ0n) is 14.0. The molecular weight excluding hydrogens is 304 g/mol. The number of nitrogen functional groups attached to an aromatic ring is 2. The highest BCUT2D eigenvalue weighted by Gasteiger charge is 2.11. The molecule has 0 aliphatic heterocycles. The second kappa shape index (κ2) is 6.23. The number of aromatic nitrogens is 2. The maximum Gasteiger partial charge on any atom is 0.222 e. The van der Waals surface area contributed by atoms with Crippen LogP contribution in [-0.4, -0.2) is 24.2 Å². The normalized spacial score (nSPS) is 10.8. The minimum atomic E-state index is 0.185. The molecule has 6 heteroatoms.